The predicted octanol–water partition coefficient (Wildman–Crippen LogP) is 1.87. The van der Waals surface area contributed by atoms with Gasteiger partial charge in [-0.3, -0.25) is 14.9 Å². The number of hydrogen-bond acceptors (Lipinski definition) is 4. The molecule has 0 bridgehead atoms. The maximum atomic E-state index is 13.6. The Morgan fingerprint density at radius 3 is 2.75 bits per heavy atom. The largest absolute Gasteiger partial charge is 0.299 e. The first-order valence-electron chi connectivity index (χ1n) is 7.27. The molecule has 0 aliphatic carbocycles. The van der Waals surface area contributed by atoms with E-state index in [0.29, 0.717) is 18.2 Å². The Balaban J connectivity index is 1.92. The highest BCUT2D eigenvalue weighted by molar-refractivity contribution is 7.91. The summed E-state index contributed by atoms with van der Waals surface area (Å²) in [7, 11) is -3.13. The average Bonchev–Trinajstić information content (AvgIpc) is 2.99. The fourth-order valence-corrected chi connectivity index (χ4v) is 4.39. The molecule has 1 fully saturated rings. The summed E-state index contributed by atoms with van der Waals surface area (Å²) in [6.45, 7) is 1.64. The Kier molecular flexibility index (Phi) is 4.12. The third-order valence-electron chi connectivity index (χ3n) is 3.96. The molecule has 128 valence electrons. The van der Waals surface area contributed by atoms with E-state index >= 15 is 0 Å². The molecule has 1 aliphatic heterocycles. The van der Waals surface area contributed by atoms with E-state index in [9.17, 15) is 22.0 Å². The predicted molar refractivity (Wildman–Crippen MR) is 85.7 cm³/mol. The van der Waals surface area contributed by atoms with Gasteiger partial charge >= 0.3 is 0 Å². The van der Waals surface area contributed by atoms with E-state index in [0.717, 1.165) is 6.07 Å². The fourth-order valence-electron chi connectivity index (χ4n) is 2.69. The molecule has 1 aromatic carbocycles. The first kappa shape index (κ1) is 16.6. The quantitative estimate of drug-likeness (QED) is 0.853. The molecule has 1 aromatic heterocycles. The molecule has 9 heteroatoms. The Bertz CT molecular complexity index is 976. The first-order valence-corrected chi connectivity index (χ1v) is 9.09. The molecule has 0 amide bonds. The lowest BCUT2D eigenvalue weighted by atomic mass is 10.2. The molecule has 2 heterocycles. The highest BCUT2D eigenvalue weighted by atomic mass is 32.2. The van der Waals surface area contributed by atoms with Crippen LogP contribution in [0.3, 0.4) is 0 Å². The number of nitrogens with zero attached hydrogens (tertiary/aromatic N) is 2. The summed E-state index contributed by atoms with van der Waals surface area (Å²) in [5, 5.41) is 2.85. The third-order valence-corrected chi connectivity index (χ3v) is 5.71. The molecule has 1 atom stereocenters. The van der Waals surface area contributed by atoms with Crippen molar-refractivity contribution >= 4 is 21.7 Å². The topological polar surface area (TPSA) is 84.3 Å². The van der Waals surface area contributed by atoms with Gasteiger partial charge < -0.3 is 0 Å². The van der Waals surface area contributed by atoms with Crippen LogP contribution in [0.2, 0.25) is 0 Å². The average molecular weight is 355 g/mol. The molecule has 0 spiro atoms. The molecule has 3 rings (SSSR count). The van der Waals surface area contributed by atoms with Gasteiger partial charge in [0.05, 0.1) is 28.8 Å². The summed E-state index contributed by atoms with van der Waals surface area (Å²) in [4.78, 5) is 16.3. The summed E-state index contributed by atoms with van der Waals surface area (Å²) in [6.07, 6.45) is 1.57. The van der Waals surface area contributed by atoms with E-state index in [-0.39, 0.29) is 22.8 Å². The summed E-state index contributed by atoms with van der Waals surface area (Å²) < 4.78 is 50.9. The number of rotatable bonds is 3. The second kappa shape index (κ2) is 5.97. The summed E-state index contributed by atoms with van der Waals surface area (Å²) in [5.74, 6) is -1.58. The van der Waals surface area contributed by atoms with E-state index < -0.39 is 33.1 Å². The highest BCUT2D eigenvalue weighted by Gasteiger charge is 2.31. The minimum Gasteiger partial charge on any atom is -0.299 e. The third kappa shape index (κ3) is 3.16. The smallest absolute Gasteiger partial charge is 0.275 e. The van der Waals surface area contributed by atoms with Crippen molar-refractivity contribution in [2.24, 2.45) is 4.99 Å². The van der Waals surface area contributed by atoms with Gasteiger partial charge in [0.15, 0.2) is 15.7 Å². The SMILES string of the molecule is Cc1[nH]n([C@H]2CCS(=O)(=O)C2)c(=O)c1C=Nc1ccc(F)cc1F. The van der Waals surface area contributed by atoms with Gasteiger partial charge in [0.25, 0.3) is 5.56 Å². The Labute approximate surface area is 136 Å². The number of H-pyrrole nitrogens is 1. The monoisotopic (exact) mass is 355 g/mol. The Hall–Kier alpha value is -2.29. The molecular weight excluding hydrogens is 340 g/mol. The normalized spacial score (nSPS) is 20.0. The van der Waals surface area contributed by atoms with Crippen LogP contribution in [0, 0.1) is 18.6 Å². The number of halogens is 2. The molecule has 2 aromatic rings. The van der Waals surface area contributed by atoms with Crippen molar-refractivity contribution in [2.75, 3.05) is 11.5 Å². The number of sulfone groups is 1. The first-order chi connectivity index (χ1) is 11.3. The van der Waals surface area contributed by atoms with Crippen molar-refractivity contribution in [1.29, 1.82) is 0 Å². The highest BCUT2D eigenvalue weighted by Crippen LogP contribution is 2.22. The van der Waals surface area contributed by atoms with Gasteiger partial charge in [0.1, 0.15) is 5.82 Å². The van der Waals surface area contributed by atoms with Crippen molar-refractivity contribution in [3.63, 3.8) is 0 Å². The number of hydrogen-bond donors (Lipinski definition) is 1. The molecular formula is C15H15F2N3O3S. The van der Waals surface area contributed by atoms with E-state index in [2.05, 4.69) is 10.1 Å². The minimum absolute atomic E-state index is 0.0480. The van der Waals surface area contributed by atoms with E-state index in [1.54, 1.807) is 6.92 Å². The van der Waals surface area contributed by atoms with Crippen LogP contribution in [0.25, 0.3) is 0 Å². The van der Waals surface area contributed by atoms with Gasteiger partial charge in [0, 0.05) is 18.0 Å². The number of aromatic nitrogens is 2. The Morgan fingerprint density at radius 2 is 2.12 bits per heavy atom. The molecule has 1 aliphatic rings. The number of aryl methyl sites for hydroxylation is 1. The van der Waals surface area contributed by atoms with Crippen molar-refractivity contribution in [2.45, 2.75) is 19.4 Å². The summed E-state index contributed by atoms with van der Waals surface area (Å²) in [6, 6.07) is 2.51. The summed E-state index contributed by atoms with van der Waals surface area (Å²) >= 11 is 0. The van der Waals surface area contributed by atoms with Gasteiger partial charge in [-0.15, -0.1) is 0 Å². The van der Waals surface area contributed by atoms with Crippen molar-refractivity contribution in [3.05, 3.63) is 51.4 Å². The van der Waals surface area contributed by atoms with Crippen LogP contribution < -0.4 is 5.56 Å². The van der Waals surface area contributed by atoms with Gasteiger partial charge in [0.2, 0.25) is 0 Å². The lowest BCUT2D eigenvalue weighted by Gasteiger charge is -2.07. The summed E-state index contributed by atoms with van der Waals surface area (Å²) in [5.41, 5.74) is 0.200. The number of aliphatic imine (C=N–C) groups is 1. The van der Waals surface area contributed by atoms with Crippen LogP contribution in [0.5, 0.6) is 0 Å². The van der Waals surface area contributed by atoms with Gasteiger partial charge in [-0.05, 0) is 25.5 Å². The zero-order valence-corrected chi connectivity index (χ0v) is 13.6. The van der Waals surface area contributed by atoms with E-state index in [1.165, 1.54) is 17.0 Å². The standard InChI is InChI=1S/C15H15F2N3O3S/c1-9-12(7-18-14-3-2-10(16)6-13(14)17)15(21)20(19-9)11-4-5-24(22,23)8-11/h2-3,6-7,11,19H,4-5,8H2,1H3/t11-/m0/s1. The van der Waals surface area contributed by atoms with Crippen LogP contribution in [0.15, 0.2) is 28.0 Å². The van der Waals surface area contributed by atoms with Gasteiger partial charge in [-0.25, -0.2) is 21.9 Å². The molecule has 1 saturated heterocycles. The lowest BCUT2D eigenvalue weighted by Crippen LogP contribution is -2.25. The number of nitrogens with one attached hydrogen (secondary N) is 1. The molecule has 24 heavy (non-hydrogen) atoms. The Morgan fingerprint density at radius 1 is 1.38 bits per heavy atom. The van der Waals surface area contributed by atoms with Crippen LogP contribution in [-0.2, 0) is 9.84 Å². The molecule has 0 radical (unpaired) electrons. The fraction of sp³-hybridized carbons (Fsp3) is 0.333. The molecule has 0 unspecified atom stereocenters. The molecule has 0 saturated carbocycles. The zero-order chi connectivity index (χ0) is 17.5. The van der Waals surface area contributed by atoms with Crippen molar-refractivity contribution in [3.8, 4) is 0 Å². The van der Waals surface area contributed by atoms with E-state index in [1.807, 2.05) is 0 Å². The number of aromatic amines is 1. The van der Waals surface area contributed by atoms with E-state index in [4.69, 9.17) is 0 Å². The molecule has 6 nitrogen and oxygen atoms in total. The van der Waals surface area contributed by atoms with Gasteiger partial charge in [-0.2, -0.15) is 0 Å². The molecule has 1 N–H and O–H groups in total. The number of benzene rings is 1. The van der Waals surface area contributed by atoms with Crippen molar-refractivity contribution < 1.29 is 17.2 Å². The second-order valence-electron chi connectivity index (χ2n) is 5.74. The van der Waals surface area contributed by atoms with Crippen LogP contribution in [-0.4, -0.2) is 35.9 Å². The van der Waals surface area contributed by atoms with Crippen LogP contribution in [0.1, 0.15) is 23.7 Å². The van der Waals surface area contributed by atoms with Crippen molar-refractivity contribution in [1.82, 2.24) is 9.78 Å². The minimum atomic E-state index is -3.13. The van der Waals surface area contributed by atoms with Crippen LogP contribution in [0.4, 0.5) is 14.5 Å². The maximum Gasteiger partial charge on any atom is 0.275 e. The lowest BCUT2D eigenvalue weighted by molar-refractivity contribution is 0.483. The maximum absolute atomic E-state index is 13.6. The van der Waals surface area contributed by atoms with Crippen LogP contribution >= 0.6 is 0 Å². The zero-order valence-electron chi connectivity index (χ0n) is 12.8. The van der Waals surface area contributed by atoms with Gasteiger partial charge in [-0.1, -0.05) is 0 Å². The second-order valence-corrected chi connectivity index (χ2v) is 7.97.